The Labute approximate surface area is 123 Å². The average molecular weight is 320 g/mol. The first-order valence-corrected chi connectivity index (χ1v) is 5.13. The fraction of sp³-hybridized carbons (Fsp3) is 0.222. The molecule has 0 aromatic heterocycles. The van der Waals surface area contributed by atoms with Crippen LogP contribution in [0.25, 0.3) is 0 Å². The van der Waals surface area contributed by atoms with E-state index in [1.807, 2.05) is 0 Å². The molecular weight excluding hydrogens is 306 g/mol. The molecular formula is C9H14Cl4N4. The van der Waals surface area contributed by atoms with Gasteiger partial charge in [0.15, 0.2) is 5.96 Å². The van der Waals surface area contributed by atoms with Gasteiger partial charge in [0.1, 0.15) is 5.69 Å². The molecule has 4 nitrogen and oxygen atoms in total. The van der Waals surface area contributed by atoms with E-state index in [-0.39, 0.29) is 30.8 Å². The summed E-state index contributed by atoms with van der Waals surface area (Å²) in [6.45, 7) is 1.03. The van der Waals surface area contributed by atoms with Crippen molar-refractivity contribution >= 4 is 59.7 Å². The maximum Gasteiger partial charge on any atom is 0.193 e. The Balaban J connectivity index is 0. The number of hydrogen-bond donors (Lipinski definition) is 3. The molecule has 1 aromatic rings. The van der Waals surface area contributed by atoms with Gasteiger partial charge in [0.05, 0.1) is 10.0 Å². The van der Waals surface area contributed by atoms with Gasteiger partial charge in [-0.15, -0.1) is 24.8 Å². The first kappa shape index (κ1) is 19.0. The molecule has 0 fully saturated rings. The average Bonchev–Trinajstić information content (AvgIpc) is 2.21. The number of hydrogen-bond acceptors (Lipinski definition) is 2. The highest BCUT2D eigenvalue weighted by molar-refractivity contribution is 6.38. The van der Waals surface area contributed by atoms with Crippen molar-refractivity contribution in [3.63, 3.8) is 0 Å². The highest BCUT2D eigenvalue weighted by atomic mass is 35.5. The van der Waals surface area contributed by atoms with Gasteiger partial charge < -0.3 is 16.8 Å². The summed E-state index contributed by atoms with van der Waals surface area (Å²) in [5, 5.41) is 3.74. The van der Waals surface area contributed by atoms with Crippen molar-refractivity contribution in [3.05, 3.63) is 28.2 Å². The zero-order chi connectivity index (χ0) is 11.3. The summed E-state index contributed by atoms with van der Waals surface area (Å²) in [4.78, 5) is 4.06. The van der Waals surface area contributed by atoms with Crippen molar-refractivity contribution in [2.45, 2.75) is 0 Å². The van der Waals surface area contributed by atoms with Gasteiger partial charge in [-0.05, 0) is 12.1 Å². The molecule has 0 atom stereocenters. The van der Waals surface area contributed by atoms with Gasteiger partial charge in [0, 0.05) is 13.1 Å². The van der Waals surface area contributed by atoms with Gasteiger partial charge in [0.25, 0.3) is 0 Å². The Hall–Kier alpha value is -0.390. The molecule has 0 aliphatic carbocycles. The van der Waals surface area contributed by atoms with Crippen molar-refractivity contribution in [2.24, 2.45) is 16.5 Å². The number of nitrogens with two attached hydrogens (primary N) is 2. The lowest BCUT2D eigenvalue weighted by molar-refractivity contribution is 0.868. The second-order valence-electron chi connectivity index (χ2n) is 2.78. The number of nitrogens with zero attached hydrogens (tertiary/aromatic N) is 1. The fourth-order valence-corrected chi connectivity index (χ4v) is 1.44. The van der Waals surface area contributed by atoms with Gasteiger partial charge in [-0.3, -0.25) is 0 Å². The topological polar surface area (TPSA) is 76.4 Å². The molecule has 0 aliphatic rings. The van der Waals surface area contributed by atoms with E-state index in [1.165, 1.54) is 0 Å². The Bertz CT molecular complexity index is 350. The number of guanidine groups is 1. The van der Waals surface area contributed by atoms with E-state index in [0.717, 1.165) is 0 Å². The largest absolute Gasteiger partial charge is 0.370 e. The standard InChI is InChI=1S/C9H12Cl2N4.2ClH/c10-6-2-1-3-7(11)8(6)15-9(13)14-5-4-12;;/h1-3H,4-5,12H2,(H3,13,14,15);2*1H. The molecule has 1 rings (SSSR count). The van der Waals surface area contributed by atoms with Crippen LogP contribution in [0.3, 0.4) is 0 Å². The van der Waals surface area contributed by atoms with E-state index in [4.69, 9.17) is 34.7 Å². The maximum atomic E-state index is 5.91. The van der Waals surface area contributed by atoms with Crippen molar-refractivity contribution in [3.8, 4) is 0 Å². The summed E-state index contributed by atoms with van der Waals surface area (Å²) in [7, 11) is 0. The lowest BCUT2D eigenvalue weighted by atomic mass is 10.3. The van der Waals surface area contributed by atoms with Crippen LogP contribution in [0.15, 0.2) is 23.2 Å². The summed E-state index contributed by atoms with van der Waals surface area (Å²) in [6.07, 6.45) is 0. The molecule has 1 aromatic carbocycles. The predicted molar refractivity (Wildman–Crippen MR) is 79.3 cm³/mol. The molecule has 0 radical (unpaired) electrons. The summed E-state index contributed by atoms with van der Waals surface area (Å²) in [6, 6.07) is 5.14. The molecule has 0 spiro atoms. The number of benzene rings is 1. The van der Waals surface area contributed by atoms with Crippen molar-refractivity contribution in [1.29, 1.82) is 0 Å². The molecule has 0 saturated heterocycles. The van der Waals surface area contributed by atoms with E-state index in [9.17, 15) is 0 Å². The third kappa shape index (κ3) is 6.19. The van der Waals surface area contributed by atoms with Crippen LogP contribution >= 0.6 is 48.0 Å². The minimum Gasteiger partial charge on any atom is -0.370 e. The maximum absolute atomic E-state index is 5.91. The molecule has 5 N–H and O–H groups in total. The lowest BCUT2D eigenvalue weighted by Crippen LogP contribution is -2.35. The van der Waals surface area contributed by atoms with Crippen LogP contribution < -0.4 is 16.8 Å². The number of para-hydroxylation sites is 1. The number of nitrogens with one attached hydrogen (secondary N) is 1. The first-order valence-electron chi connectivity index (χ1n) is 4.37. The molecule has 0 saturated carbocycles. The summed E-state index contributed by atoms with van der Waals surface area (Å²) < 4.78 is 0. The minimum atomic E-state index is 0. The second kappa shape index (κ2) is 9.62. The van der Waals surface area contributed by atoms with Gasteiger partial charge in [-0.1, -0.05) is 29.3 Å². The Morgan fingerprint density at radius 3 is 2.24 bits per heavy atom. The number of rotatable bonds is 3. The molecule has 0 unspecified atom stereocenters. The highest BCUT2D eigenvalue weighted by Crippen LogP contribution is 2.32. The first-order chi connectivity index (χ1) is 7.15. The Kier molecular flexibility index (Phi) is 10.7. The van der Waals surface area contributed by atoms with Crippen LogP contribution in [0.2, 0.25) is 10.0 Å². The number of aliphatic imine (C=N–C) groups is 1. The van der Waals surface area contributed by atoms with E-state index >= 15 is 0 Å². The van der Waals surface area contributed by atoms with Crippen LogP contribution in [-0.4, -0.2) is 19.0 Å². The molecule has 0 heterocycles. The van der Waals surface area contributed by atoms with E-state index < -0.39 is 0 Å². The summed E-state index contributed by atoms with van der Waals surface area (Å²) in [5.74, 6) is 0.246. The van der Waals surface area contributed by atoms with Crippen LogP contribution in [0, 0.1) is 0 Å². The Morgan fingerprint density at radius 1 is 1.24 bits per heavy atom. The van der Waals surface area contributed by atoms with Crippen LogP contribution in [0.5, 0.6) is 0 Å². The quantitative estimate of drug-likeness (QED) is 0.591. The highest BCUT2D eigenvalue weighted by Gasteiger charge is 2.04. The van der Waals surface area contributed by atoms with Crippen molar-refractivity contribution in [1.82, 2.24) is 5.32 Å². The summed E-state index contributed by atoms with van der Waals surface area (Å²) >= 11 is 11.8. The summed E-state index contributed by atoms with van der Waals surface area (Å²) in [5.41, 5.74) is 11.4. The number of halogens is 4. The van der Waals surface area contributed by atoms with Crippen LogP contribution in [-0.2, 0) is 0 Å². The van der Waals surface area contributed by atoms with Gasteiger partial charge in [-0.25, -0.2) is 4.99 Å². The molecule has 0 amide bonds. The van der Waals surface area contributed by atoms with Crippen molar-refractivity contribution in [2.75, 3.05) is 13.1 Å². The third-order valence-electron chi connectivity index (χ3n) is 1.62. The smallest absolute Gasteiger partial charge is 0.193 e. The Morgan fingerprint density at radius 2 is 1.76 bits per heavy atom. The normalized spacial score (nSPS) is 10.2. The molecule has 0 bridgehead atoms. The monoisotopic (exact) mass is 318 g/mol. The van der Waals surface area contributed by atoms with Gasteiger partial charge >= 0.3 is 0 Å². The van der Waals surface area contributed by atoms with E-state index in [2.05, 4.69) is 10.3 Å². The molecule has 17 heavy (non-hydrogen) atoms. The van der Waals surface area contributed by atoms with Gasteiger partial charge in [-0.2, -0.15) is 0 Å². The van der Waals surface area contributed by atoms with Crippen LogP contribution in [0.1, 0.15) is 0 Å². The van der Waals surface area contributed by atoms with Gasteiger partial charge in [0.2, 0.25) is 0 Å². The second-order valence-corrected chi connectivity index (χ2v) is 3.60. The predicted octanol–water partition coefficient (Wildman–Crippen LogP) is 2.33. The van der Waals surface area contributed by atoms with Crippen LogP contribution in [0.4, 0.5) is 5.69 Å². The van der Waals surface area contributed by atoms with Crippen molar-refractivity contribution < 1.29 is 0 Å². The molecule has 98 valence electrons. The molecule has 8 heteroatoms. The van der Waals surface area contributed by atoms with E-state index in [1.54, 1.807) is 18.2 Å². The zero-order valence-electron chi connectivity index (χ0n) is 8.82. The minimum absolute atomic E-state index is 0. The van der Waals surface area contributed by atoms with E-state index in [0.29, 0.717) is 28.8 Å². The third-order valence-corrected chi connectivity index (χ3v) is 2.23. The zero-order valence-corrected chi connectivity index (χ0v) is 12.0. The lowest BCUT2D eigenvalue weighted by Gasteiger charge is -2.05. The fourth-order valence-electron chi connectivity index (χ4n) is 0.956. The SMILES string of the molecule is Cl.Cl.NCCN/C(N)=N/c1c(Cl)cccc1Cl. The molecule has 0 aliphatic heterocycles.